The Morgan fingerprint density at radius 3 is 1.79 bits per heavy atom. The Morgan fingerprint density at radius 2 is 1.54 bits per heavy atom. The van der Waals surface area contributed by atoms with Gasteiger partial charge in [-0.3, -0.25) is 0 Å². The highest BCUT2D eigenvalue weighted by molar-refractivity contribution is 4.95. The van der Waals surface area contributed by atoms with Crippen LogP contribution in [0.3, 0.4) is 0 Å². The number of hydrogen-bond donors (Lipinski definition) is 0. The van der Waals surface area contributed by atoms with E-state index in [0.717, 1.165) is 17.1 Å². The van der Waals surface area contributed by atoms with E-state index in [-0.39, 0.29) is 0 Å². The first-order valence-electron chi connectivity index (χ1n) is 7.73. The first-order valence-corrected chi connectivity index (χ1v) is 7.73. The normalized spacial score (nSPS) is 10.4. The van der Waals surface area contributed by atoms with Gasteiger partial charge in [0.15, 0.2) is 5.76 Å². The summed E-state index contributed by atoms with van der Waals surface area (Å²) >= 11 is 0. The molecular weight excluding hydrogens is 312 g/mol. The molecule has 0 aromatic carbocycles. The molecule has 0 aliphatic rings. The molecule has 3 aromatic heterocycles. The van der Waals surface area contributed by atoms with Crippen LogP contribution in [0.25, 0.3) is 0 Å². The highest BCUT2D eigenvalue weighted by atomic mass is 16.6. The van der Waals surface area contributed by atoms with Crippen LogP contribution in [0.15, 0.2) is 32.3 Å². The minimum Gasteiger partial charge on any atom is -0.345 e. The molecular formula is C15H24N6O3. The lowest BCUT2D eigenvalue weighted by Crippen LogP contribution is -1.85. The zero-order chi connectivity index (χ0) is 17.9. The van der Waals surface area contributed by atoms with E-state index in [1.807, 2.05) is 41.5 Å². The van der Waals surface area contributed by atoms with Gasteiger partial charge >= 0.3 is 0 Å². The molecule has 0 saturated heterocycles. The molecule has 0 aliphatic carbocycles. The van der Waals surface area contributed by atoms with E-state index >= 15 is 0 Å². The Bertz CT molecular complexity index is 527. The van der Waals surface area contributed by atoms with E-state index in [1.54, 1.807) is 18.7 Å². The Hall–Kier alpha value is -2.58. The standard InChI is InChI=1S/3C5H8N2O/c1-4(2)5-3-8-7-6-5;1-4(2)5-3-6-7-8-5;1-4(2)5-3-6-8-7-5/h3*3-4H,1-2H3. The minimum atomic E-state index is 0.394. The topological polar surface area (TPSA) is 117 Å². The average molecular weight is 336 g/mol. The lowest BCUT2D eigenvalue weighted by Gasteiger charge is -1.91. The van der Waals surface area contributed by atoms with E-state index in [4.69, 9.17) is 4.52 Å². The molecule has 0 radical (unpaired) electrons. The monoisotopic (exact) mass is 336 g/mol. The van der Waals surface area contributed by atoms with Crippen molar-refractivity contribution < 1.29 is 13.7 Å². The van der Waals surface area contributed by atoms with Crippen molar-refractivity contribution in [1.29, 1.82) is 0 Å². The first-order chi connectivity index (χ1) is 11.4. The molecule has 132 valence electrons. The zero-order valence-corrected chi connectivity index (χ0v) is 14.9. The van der Waals surface area contributed by atoms with Gasteiger partial charge in [-0.1, -0.05) is 51.9 Å². The fourth-order valence-electron chi connectivity index (χ4n) is 1.28. The van der Waals surface area contributed by atoms with Crippen molar-refractivity contribution >= 4 is 0 Å². The Balaban J connectivity index is 0.000000180. The van der Waals surface area contributed by atoms with Gasteiger partial charge in [-0.25, -0.2) is 4.63 Å². The van der Waals surface area contributed by atoms with Crippen molar-refractivity contribution in [3.05, 3.63) is 35.8 Å². The van der Waals surface area contributed by atoms with Crippen LogP contribution in [0.5, 0.6) is 0 Å². The number of nitrogens with zero attached hydrogens (tertiary/aromatic N) is 6. The zero-order valence-electron chi connectivity index (χ0n) is 14.9. The van der Waals surface area contributed by atoms with Gasteiger partial charge in [0.2, 0.25) is 0 Å². The van der Waals surface area contributed by atoms with E-state index in [1.165, 1.54) is 0 Å². The molecule has 24 heavy (non-hydrogen) atoms. The summed E-state index contributed by atoms with van der Waals surface area (Å²) in [4.78, 5) is 0. The van der Waals surface area contributed by atoms with Crippen molar-refractivity contribution in [3.8, 4) is 0 Å². The molecule has 9 heteroatoms. The predicted molar refractivity (Wildman–Crippen MR) is 85.2 cm³/mol. The molecule has 0 atom stereocenters. The third-order valence-corrected chi connectivity index (χ3v) is 2.89. The van der Waals surface area contributed by atoms with E-state index in [0.29, 0.717) is 17.8 Å². The van der Waals surface area contributed by atoms with Crippen LogP contribution in [-0.4, -0.2) is 31.1 Å². The summed E-state index contributed by atoms with van der Waals surface area (Å²) < 4.78 is 13.6. The molecule has 0 unspecified atom stereocenters. The third-order valence-electron chi connectivity index (χ3n) is 2.89. The predicted octanol–water partition coefficient (Wildman–Crippen LogP) is 3.58. The summed E-state index contributed by atoms with van der Waals surface area (Å²) in [5.74, 6) is 2.07. The minimum absolute atomic E-state index is 0.394. The number of aromatic nitrogens is 6. The fraction of sp³-hybridized carbons (Fsp3) is 0.600. The van der Waals surface area contributed by atoms with Crippen LogP contribution in [0.1, 0.15) is 76.4 Å². The lowest BCUT2D eigenvalue weighted by atomic mass is 10.2. The van der Waals surface area contributed by atoms with Gasteiger partial charge < -0.3 is 9.05 Å². The summed E-state index contributed by atoms with van der Waals surface area (Å²) in [6.45, 7) is 12.2. The summed E-state index contributed by atoms with van der Waals surface area (Å²) in [6, 6.07) is 0. The molecule has 0 fully saturated rings. The second-order valence-electron chi connectivity index (χ2n) is 5.95. The maximum atomic E-state index is 4.73. The van der Waals surface area contributed by atoms with E-state index < -0.39 is 0 Å². The molecule has 9 nitrogen and oxygen atoms in total. The van der Waals surface area contributed by atoms with Gasteiger partial charge in [0.05, 0.1) is 12.4 Å². The Labute approximate surface area is 140 Å². The average Bonchev–Trinajstić information content (AvgIpc) is 3.29. The molecule has 0 amide bonds. The molecule has 0 spiro atoms. The van der Waals surface area contributed by atoms with Gasteiger partial charge in [-0.15, -0.1) is 10.2 Å². The molecule has 0 N–H and O–H groups in total. The van der Waals surface area contributed by atoms with Crippen LogP contribution < -0.4 is 0 Å². The largest absolute Gasteiger partial charge is 0.345 e. The molecule has 0 saturated carbocycles. The van der Waals surface area contributed by atoms with Gasteiger partial charge in [-0.05, 0) is 0 Å². The maximum Gasteiger partial charge on any atom is 0.159 e. The van der Waals surface area contributed by atoms with Crippen LogP contribution in [-0.2, 0) is 0 Å². The Kier molecular flexibility index (Phi) is 8.31. The molecule has 3 heterocycles. The summed E-state index contributed by atoms with van der Waals surface area (Å²) in [5.41, 5.74) is 1.81. The van der Waals surface area contributed by atoms with Crippen molar-refractivity contribution in [3.63, 3.8) is 0 Å². The number of hydrogen-bond acceptors (Lipinski definition) is 9. The van der Waals surface area contributed by atoms with Crippen LogP contribution in [0, 0.1) is 0 Å². The highest BCUT2D eigenvalue weighted by Crippen LogP contribution is 2.09. The Morgan fingerprint density at radius 1 is 0.833 bits per heavy atom. The lowest BCUT2D eigenvalue weighted by molar-refractivity contribution is 0.302. The van der Waals surface area contributed by atoms with Crippen molar-refractivity contribution in [1.82, 2.24) is 31.1 Å². The summed E-state index contributed by atoms with van der Waals surface area (Å²) in [7, 11) is 0. The quantitative estimate of drug-likeness (QED) is 0.707. The molecule has 0 bridgehead atoms. The maximum absolute atomic E-state index is 4.73. The van der Waals surface area contributed by atoms with Crippen LogP contribution in [0.2, 0.25) is 0 Å². The fourth-order valence-corrected chi connectivity index (χ4v) is 1.28. The number of rotatable bonds is 3. The first kappa shape index (κ1) is 19.5. The smallest absolute Gasteiger partial charge is 0.159 e. The van der Waals surface area contributed by atoms with Gasteiger partial charge in [0, 0.05) is 28.3 Å². The van der Waals surface area contributed by atoms with E-state index in [9.17, 15) is 0 Å². The van der Waals surface area contributed by atoms with Gasteiger partial charge in [-0.2, -0.15) is 0 Å². The third kappa shape index (κ3) is 7.12. The summed E-state index contributed by atoms with van der Waals surface area (Å²) in [6.07, 6.45) is 4.82. The van der Waals surface area contributed by atoms with Gasteiger partial charge in [0.1, 0.15) is 17.7 Å². The van der Waals surface area contributed by atoms with Gasteiger partial charge in [0.25, 0.3) is 0 Å². The molecule has 0 aliphatic heterocycles. The second kappa shape index (κ2) is 10.2. The molecule has 3 rings (SSSR count). The van der Waals surface area contributed by atoms with E-state index in [2.05, 4.69) is 40.2 Å². The second-order valence-corrected chi connectivity index (χ2v) is 5.95. The van der Waals surface area contributed by atoms with Crippen LogP contribution in [0.4, 0.5) is 0 Å². The van der Waals surface area contributed by atoms with Crippen LogP contribution >= 0.6 is 0 Å². The van der Waals surface area contributed by atoms with Crippen molar-refractivity contribution in [2.45, 2.75) is 59.3 Å². The SMILES string of the molecule is CC(C)c1cnno1.CC(C)c1cnon1.CC(C)c1conn1. The van der Waals surface area contributed by atoms with Crippen molar-refractivity contribution in [2.75, 3.05) is 0 Å². The molecule has 3 aromatic rings. The van der Waals surface area contributed by atoms with Crippen molar-refractivity contribution in [2.24, 2.45) is 0 Å². The summed E-state index contributed by atoms with van der Waals surface area (Å²) in [5, 5.41) is 20.9. The highest BCUT2D eigenvalue weighted by Gasteiger charge is 2.02.